The van der Waals surface area contributed by atoms with Crippen LogP contribution in [-0.2, 0) is 14.8 Å². The van der Waals surface area contributed by atoms with E-state index in [4.69, 9.17) is 0 Å². The molecule has 3 atom stereocenters. The second-order valence-corrected chi connectivity index (χ2v) is 8.22. The van der Waals surface area contributed by atoms with Crippen molar-refractivity contribution in [2.24, 2.45) is 0 Å². The van der Waals surface area contributed by atoms with Crippen molar-refractivity contribution in [2.75, 3.05) is 6.54 Å². The third kappa shape index (κ3) is 2.98. The quantitative estimate of drug-likeness (QED) is 0.841. The average molecular weight is 304 g/mol. The Morgan fingerprint density at radius 3 is 2.60 bits per heavy atom. The van der Waals surface area contributed by atoms with Gasteiger partial charge in [0.15, 0.2) is 0 Å². The van der Waals surface area contributed by atoms with Crippen LogP contribution in [0.5, 0.6) is 0 Å². The van der Waals surface area contributed by atoms with Crippen LogP contribution in [0.25, 0.3) is 0 Å². The van der Waals surface area contributed by atoms with Crippen LogP contribution in [0.15, 0.2) is 0 Å². The van der Waals surface area contributed by atoms with E-state index in [1.165, 1.54) is 0 Å². The van der Waals surface area contributed by atoms with E-state index >= 15 is 0 Å². The Kier molecular flexibility index (Phi) is 3.75. The Labute approximate surface area is 118 Å². The Balaban J connectivity index is 1.60. The molecule has 5 nitrogen and oxygen atoms in total. The zero-order valence-electron chi connectivity index (χ0n) is 11.4. The Morgan fingerprint density at radius 2 is 1.95 bits per heavy atom. The minimum atomic E-state index is -3.52. The smallest absolute Gasteiger partial charge is 0.224 e. The molecule has 114 valence electrons. The molecule has 2 aliphatic carbocycles. The Bertz CT molecular complexity index is 492. The van der Waals surface area contributed by atoms with Gasteiger partial charge in [-0.1, -0.05) is 0 Å². The lowest BCUT2D eigenvalue weighted by molar-refractivity contribution is -0.128. The summed E-state index contributed by atoms with van der Waals surface area (Å²) in [5.74, 6) is 0.0345. The molecule has 3 fully saturated rings. The van der Waals surface area contributed by atoms with Crippen molar-refractivity contribution < 1.29 is 17.6 Å². The average Bonchev–Trinajstić information content (AvgIpc) is 3.14. The summed E-state index contributed by atoms with van der Waals surface area (Å²) >= 11 is 0. The number of nitrogens with one attached hydrogen (secondary N) is 1. The summed E-state index contributed by atoms with van der Waals surface area (Å²) in [5, 5.41) is -0.642. The van der Waals surface area contributed by atoms with E-state index in [9.17, 15) is 17.6 Å². The van der Waals surface area contributed by atoms with Gasteiger partial charge in [0, 0.05) is 25.0 Å². The normalized spacial score (nSPS) is 35.5. The molecule has 0 aromatic rings. The number of sulfonamides is 1. The minimum absolute atomic E-state index is 0.0345. The SMILES string of the molecule is O=C1C[C@@H](NS(=O)(=O)C2CCCC(F)C2)CN1C1CC1. The largest absolute Gasteiger partial charge is 0.338 e. The molecular weight excluding hydrogens is 283 g/mol. The van der Waals surface area contributed by atoms with Crippen LogP contribution in [0.4, 0.5) is 4.39 Å². The maximum Gasteiger partial charge on any atom is 0.224 e. The molecule has 0 spiro atoms. The van der Waals surface area contributed by atoms with Crippen LogP contribution < -0.4 is 4.72 Å². The van der Waals surface area contributed by atoms with Gasteiger partial charge in [-0.25, -0.2) is 17.5 Å². The fourth-order valence-electron chi connectivity index (χ4n) is 3.25. The van der Waals surface area contributed by atoms with Gasteiger partial charge in [0.25, 0.3) is 0 Å². The first kappa shape index (κ1) is 14.3. The van der Waals surface area contributed by atoms with Gasteiger partial charge in [-0.05, 0) is 38.5 Å². The molecular formula is C13H21FN2O3S. The highest BCUT2D eigenvalue weighted by molar-refractivity contribution is 7.90. The van der Waals surface area contributed by atoms with E-state index < -0.39 is 21.4 Å². The molecule has 0 aromatic heterocycles. The molecule has 1 N–H and O–H groups in total. The highest BCUT2D eigenvalue weighted by Crippen LogP contribution is 2.31. The highest BCUT2D eigenvalue weighted by atomic mass is 32.2. The van der Waals surface area contributed by atoms with Crippen LogP contribution >= 0.6 is 0 Å². The van der Waals surface area contributed by atoms with Crippen molar-refractivity contribution in [3.8, 4) is 0 Å². The molecule has 0 radical (unpaired) electrons. The number of carbonyl (C=O) groups is 1. The fraction of sp³-hybridized carbons (Fsp3) is 0.923. The van der Waals surface area contributed by atoms with Gasteiger partial charge in [-0.2, -0.15) is 0 Å². The third-order valence-corrected chi connectivity index (χ3v) is 6.45. The van der Waals surface area contributed by atoms with E-state index in [1.807, 2.05) is 0 Å². The van der Waals surface area contributed by atoms with Gasteiger partial charge in [0.1, 0.15) is 6.17 Å². The molecule has 3 aliphatic rings. The molecule has 1 saturated heterocycles. The summed E-state index contributed by atoms with van der Waals surface area (Å²) in [7, 11) is -3.52. The molecule has 1 aliphatic heterocycles. The van der Waals surface area contributed by atoms with Gasteiger partial charge < -0.3 is 4.90 Å². The molecule has 0 bridgehead atoms. The molecule has 3 rings (SSSR count). The standard InChI is InChI=1S/C13H21FN2O3S/c14-9-2-1-3-12(6-9)20(18,19)15-10-7-13(17)16(8-10)11-4-5-11/h9-12,15H,1-8H2/t9?,10-,12?/m1/s1. The van der Waals surface area contributed by atoms with Crippen molar-refractivity contribution >= 4 is 15.9 Å². The van der Waals surface area contributed by atoms with E-state index in [0.717, 1.165) is 12.8 Å². The monoisotopic (exact) mass is 304 g/mol. The van der Waals surface area contributed by atoms with Crippen LogP contribution in [0, 0.1) is 0 Å². The lowest BCUT2D eigenvalue weighted by Gasteiger charge is -2.26. The lowest BCUT2D eigenvalue weighted by Crippen LogP contribution is -2.44. The number of carbonyl (C=O) groups excluding carboxylic acids is 1. The zero-order valence-corrected chi connectivity index (χ0v) is 12.2. The van der Waals surface area contributed by atoms with Crippen molar-refractivity contribution in [1.29, 1.82) is 0 Å². The molecule has 2 saturated carbocycles. The number of halogens is 1. The maximum absolute atomic E-state index is 13.4. The number of hydrogen-bond donors (Lipinski definition) is 1. The molecule has 20 heavy (non-hydrogen) atoms. The number of rotatable bonds is 4. The van der Waals surface area contributed by atoms with Crippen molar-refractivity contribution in [3.05, 3.63) is 0 Å². The molecule has 1 amide bonds. The van der Waals surface area contributed by atoms with Gasteiger partial charge >= 0.3 is 0 Å². The zero-order chi connectivity index (χ0) is 14.3. The van der Waals surface area contributed by atoms with Gasteiger partial charge in [-0.3, -0.25) is 4.79 Å². The first-order valence-corrected chi connectivity index (χ1v) is 8.95. The predicted octanol–water partition coefficient (Wildman–Crippen LogP) is 0.950. The first-order chi connectivity index (χ1) is 9.45. The molecule has 0 aromatic carbocycles. The molecule has 2 unspecified atom stereocenters. The summed E-state index contributed by atoms with van der Waals surface area (Å²) in [6, 6.07) is -0.0185. The van der Waals surface area contributed by atoms with Gasteiger partial charge in [0.05, 0.1) is 5.25 Å². The van der Waals surface area contributed by atoms with Crippen LogP contribution in [-0.4, -0.2) is 49.3 Å². The first-order valence-electron chi connectivity index (χ1n) is 7.40. The van der Waals surface area contributed by atoms with Crippen molar-refractivity contribution in [2.45, 2.75) is 68.5 Å². The minimum Gasteiger partial charge on any atom is -0.338 e. The van der Waals surface area contributed by atoms with E-state index in [2.05, 4.69) is 4.72 Å². The summed E-state index contributed by atoms with van der Waals surface area (Å²) < 4.78 is 40.5. The summed E-state index contributed by atoms with van der Waals surface area (Å²) in [5.41, 5.74) is 0. The summed E-state index contributed by atoms with van der Waals surface area (Å²) in [6.07, 6.45) is 2.95. The van der Waals surface area contributed by atoms with E-state index in [0.29, 0.717) is 31.8 Å². The molecule has 7 heteroatoms. The van der Waals surface area contributed by atoms with Gasteiger partial charge in [-0.15, -0.1) is 0 Å². The summed E-state index contributed by atoms with van der Waals surface area (Å²) in [6.45, 7) is 0.467. The number of nitrogens with zero attached hydrogens (tertiary/aromatic N) is 1. The third-order valence-electron chi connectivity index (χ3n) is 4.48. The van der Waals surface area contributed by atoms with Crippen LogP contribution in [0.1, 0.15) is 44.9 Å². The highest BCUT2D eigenvalue weighted by Gasteiger charge is 2.41. The van der Waals surface area contributed by atoms with E-state index in [1.54, 1.807) is 4.90 Å². The molecule has 1 heterocycles. The van der Waals surface area contributed by atoms with Crippen LogP contribution in [0.3, 0.4) is 0 Å². The Hall–Kier alpha value is -0.690. The van der Waals surface area contributed by atoms with Crippen molar-refractivity contribution in [1.82, 2.24) is 9.62 Å². The van der Waals surface area contributed by atoms with Crippen molar-refractivity contribution in [3.63, 3.8) is 0 Å². The second-order valence-electron chi connectivity index (χ2n) is 6.23. The maximum atomic E-state index is 13.4. The lowest BCUT2D eigenvalue weighted by atomic mass is 9.98. The number of hydrogen-bond acceptors (Lipinski definition) is 3. The topological polar surface area (TPSA) is 66.5 Å². The number of alkyl halides is 1. The predicted molar refractivity (Wildman–Crippen MR) is 72.3 cm³/mol. The summed E-state index contributed by atoms with van der Waals surface area (Å²) in [4.78, 5) is 13.6. The van der Waals surface area contributed by atoms with Gasteiger partial charge in [0.2, 0.25) is 15.9 Å². The Morgan fingerprint density at radius 1 is 1.20 bits per heavy atom. The fourth-order valence-corrected chi connectivity index (χ4v) is 5.00. The van der Waals surface area contributed by atoms with E-state index in [-0.39, 0.29) is 24.8 Å². The number of likely N-dealkylation sites (tertiary alicyclic amines) is 1. The second kappa shape index (κ2) is 5.26. The number of amides is 1. The van der Waals surface area contributed by atoms with Crippen LogP contribution in [0.2, 0.25) is 0 Å².